The second kappa shape index (κ2) is 12.5. The third kappa shape index (κ3) is 7.18. The molecule has 8 nitrogen and oxygen atoms in total. The van der Waals surface area contributed by atoms with Crippen molar-refractivity contribution in [2.24, 2.45) is 5.92 Å². The van der Waals surface area contributed by atoms with Crippen LogP contribution in [-0.4, -0.2) is 89.5 Å². The maximum Gasteiger partial charge on any atom is 0.306 e. The molecule has 0 unspecified atom stereocenters. The molecule has 3 rings (SSSR count). The minimum absolute atomic E-state index is 0.0246. The van der Waals surface area contributed by atoms with E-state index < -0.39 is 0 Å². The number of hydrogen-bond acceptors (Lipinski definition) is 6. The van der Waals surface area contributed by atoms with Gasteiger partial charge in [-0.15, -0.1) is 0 Å². The van der Waals surface area contributed by atoms with E-state index >= 15 is 0 Å². The van der Waals surface area contributed by atoms with Crippen LogP contribution in [-0.2, 0) is 25.5 Å². The van der Waals surface area contributed by atoms with Crippen molar-refractivity contribution in [3.05, 3.63) is 28.2 Å². The number of carbonyl (C=O) groups excluding carboxylic acids is 3. The highest BCUT2D eigenvalue weighted by Gasteiger charge is 2.31. The quantitative estimate of drug-likeness (QED) is 0.512. The van der Waals surface area contributed by atoms with E-state index in [0.29, 0.717) is 36.6 Å². The molecule has 0 bridgehead atoms. The summed E-state index contributed by atoms with van der Waals surface area (Å²) in [5.74, 6) is -0.0385. The number of hydrogen-bond donors (Lipinski definition) is 1. The van der Waals surface area contributed by atoms with Crippen LogP contribution in [0.5, 0.6) is 5.75 Å². The zero-order valence-electron chi connectivity index (χ0n) is 20.2. The molecule has 9 heteroatoms. The molecule has 2 heterocycles. The summed E-state index contributed by atoms with van der Waals surface area (Å²) in [7, 11) is 0. The molecule has 2 fully saturated rings. The third-order valence-corrected chi connectivity index (χ3v) is 7.42. The van der Waals surface area contributed by atoms with Crippen LogP contribution < -0.4 is 0 Å². The van der Waals surface area contributed by atoms with Gasteiger partial charge in [-0.2, -0.15) is 0 Å². The van der Waals surface area contributed by atoms with Crippen molar-refractivity contribution in [2.75, 3.05) is 45.9 Å². The molecule has 1 aromatic carbocycles. The van der Waals surface area contributed by atoms with Crippen molar-refractivity contribution < 1.29 is 24.2 Å². The molecule has 0 aromatic heterocycles. The maximum atomic E-state index is 13.0. The molecule has 188 valence electrons. The van der Waals surface area contributed by atoms with Gasteiger partial charge in [-0.25, -0.2) is 0 Å². The first kappa shape index (κ1) is 26.5. The van der Waals surface area contributed by atoms with E-state index in [1.54, 1.807) is 13.0 Å². The number of phenolic OH excluding ortho intramolecular Hbond substituents is 1. The lowest BCUT2D eigenvalue weighted by Crippen LogP contribution is -2.55. The van der Waals surface area contributed by atoms with Gasteiger partial charge in [0.05, 0.1) is 17.5 Å². The summed E-state index contributed by atoms with van der Waals surface area (Å²) in [6, 6.07) is 5.80. The SMILES string of the molecule is CCOC(=O)CCC(=O)N1CCC(N2CCN(C(=O)[C@H](C)Cc3ccc(O)c(Br)c3)CC2)CC1. The van der Waals surface area contributed by atoms with Gasteiger partial charge in [0.2, 0.25) is 11.8 Å². The number of piperidine rings is 1. The maximum absolute atomic E-state index is 13.0. The predicted molar refractivity (Wildman–Crippen MR) is 132 cm³/mol. The van der Waals surface area contributed by atoms with Gasteiger partial charge in [0.15, 0.2) is 0 Å². The van der Waals surface area contributed by atoms with Crippen LogP contribution in [0.2, 0.25) is 0 Å². The summed E-state index contributed by atoms with van der Waals surface area (Å²) >= 11 is 3.33. The Hall–Kier alpha value is -2.13. The molecule has 0 radical (unpaired) electrons. The van der Waals surface area contributed by atoms with Gasteiger partial charge in [0.25, 0.3) is 0 Å². The molecule has 1 N–H and O–H groups in total. The number of piperazine rings is 1. The van der Waals surface area contributed by atoms with Crippen LogP contribution in [0.3, 0.4) is 0 Å². The van der Waals surface area contributed by atoms with Crippen LogP contribution in [0.15, 0.2) is 22.7 Å². The van der Waals surface area contributed by atoms with Crippen molar-refractivity contribution in [3.8, 4) is 5.75 Å². The first-order valence-corrected chi connectivity index (χ1v) is 13.0. The monoisotopic (exact) mass is 537 g/mol. The van der Waals surface area contributed by atoms with E-state index in [4.69, 9.17) is 4.74 Å². The Bertz CT molecular complexity index is 864. The smallest absolute Gasteiger partial charge is 0.306 e. The number of amides is 2. The van der Waals surface area contributed by atoms with Crippen LogP contribution >= 0.6 is 15.9 Å². The number of ether oxygens (including phenoxy) is 1. The summed E-state index contributed by atoms with van der Waals surface area (Å²) in [5.41, 5.74) is 1.02. The Morgan fingerprint density at radius 2 is 1.74 bits per heavy atom. The topological polar surface area (TPSA) is 90.4 Å². The number of benzene rings is 1. The third-order valence-electron chi connectivity index (χ3n) is 6.78. The average molecular weight is 538 g/mol. The highest BCUT2D eigenvalue weighted by Crippen LogP contribution is 2.26. The number of rotatable bonds is 8. The molecule has 2 saturated heterocycles. The lowest BCUT2D eigenvalue weighted by Gasteiger charge is -2.43. The van der Waals surface area contributed by atoms with E-state index in [-0.39, 0.29) is 42.3 Å². The Balaban J connectivity index is 1.39. The molecule has 2 aliphatic heterocycles. The largest absolute Gasteiger partial charge is 0.507 e. The zero-order chi connectivity index (χ0) is 24.7. The Morgan fingerprint density at radius 3 is 2.35 bits per heavy atom. The Kier molecular flexibility index (Phi) is 9.76. The number of likely N-dealkylation sites (tertiary alicyclic amines) is 1. The first-order chi connectivity index (χ1) is 16.3. The second-order valence-electron chi connectivity index (χ2n) is 9.17. The number of phenols is 1. The molecule has 1 atom stereocenters. The molecule has 0 saturated carbocycles. The van der Waals surface area contributed by atoms with Gasteiger partial charge in [-0.05, 0) is 59.8 Å². The number of aromatic hydroxyl groups is 1. The van der Waals surface area contributed by atoms with Crippen LogP contribution in [0.25, 0.3) is 0 Å². The number of halogens is 1. The summed E-state index contributed by atoms with van der Waals surface area (Å²) in [5, 5.41) is 9.66. The number of esters is 1. The van der Waals surface area contributed by atoms with Gasteiger partial charge in [-0.1, -0.05) is 13.0 Å². The molecule has 0 aliphatic carbocycles. The van der Waals surface area contributed by atoms with Gasteiger partial charge >= 0.3 is 5.97 Å². The summed E-state index contributed by atoms with van der Waals surface area (Å²) < 4.78 is 5.54. The Labute approximate surface area is 210 Å². The minimum Gasteiger partial charge on any atom is -0.507 e. The Morgan fingerprint density at radius 1 is 1.06 bits per heavy atom. The van der Waals surface area contributed by atoms with Crippen LogP contribution in [0.1, 0.15) is 45.1 Å². The van der Waals surface area contributed by atoms with E-state index in [0.717, 1.165) is 44.6 Å². The normalized spacial score (nSPS) is 18.6. The molecule has 1 aromatic rings. The van der Waals surface area contributed by atoms with Crippen LogP contribution in [0.4, 0.5) is 0 Å². The van der Waals surface area contributed by atoms with Crippen molar-refractivity contribution >= 4 is 33.7 Å². The summed E-state index contributed by atoms with van der Waals surface area (Å²) in [4.78, 5) is 43.1. The predicted octanol–water partition coefficient (Wildman–Crippen LogP) is 2.81. The fourth-order valence-electron chi connectivity index (χ4n) is 4.82. The number of carbonyl (C=O) groups is 3. The summed E-state index contributed by atoms with van der Waals surface area (Å²) in [6.45, 7) is 8.64. The van der Waals surface area contributed by atoms with E-state index in [1.807, 2.05) is 28.9 Å². The highest BCUT2D eigenvalue weighted by atomic mass is 79.9. The van der Waals surface area contributed by atoms with Crippen LogP contribution in [0, 0.1) is 5.92 Å². The van der Waals surface area contributed by atoms with Crippen molar-refractivity contribution in [1.82, 2.24) is 14.7 Å². The molecule has 34 heavy (non-hydrogen) atoms. The van der Waals surface area contributed by atoms with Gasteiger partial charge in [-0.3, -0.25) is 19.3 Å². The van der Waals surface area contributed by atoms with Gasteiger partial charge in [0, 0.05) is 57.6 Å². The molecular formula is C25H36BrN3O5. The van der Waals surface area contributed by atoms with Gasteiger partial charge < -0.3 is 19.6 Å². The molecule has 0 spiro atoms. The van der Waals surface area contributed by atoms with Crippen molar-refractivity contribution in [2.45, 2.75) is 52.0 Å². The van der Waals surface area contributed by atoms with Gasteiger partial charge in [0.1, 0.15) is 5.75 Å². The second-order valence-corrected chi connectivity index (χ2v) is 10.0. The van der Waals surface area contributed by atoms with Crippen molar-refractivity contribution in [3.63, 3.8) is 0 Å². The molecular weight excluding hydrogens is 502 g/mol. The van der Waals surface area contributed by atoms with Crippen molar-refractivity contribution in [1.29, 1.82) is 0 Å². The average Bonchev–Trinajstić information content (AvgIpc) is 2.84. The zero-order valence-corrected chi connectivity index (χ0v) is 21.8. The van der Waals surface area contributed by atoms with E-state index in [2.05, 4.69) is 20.8 Å². The molecule has 2 aliphatic rings. The molecule has 2 amide bonds. The fourth-order valence-corrected chi connectivity index (χ4v) is 5.24. The lowest BCUT2D eigenvalue weighted by molar-refractivity contribution is -0.146. The van der Waals surface area contributed by atoms with E-state index in [9.17, 15) is 19.5 Å². The van der Waals surface area contributed by atoms with E-state index in [1.165, 1.54) is 0 Å². The minimum atomic E-state index is -0.316. The fraction of sp³-hybridized carbons (Fsp3) is 0.640. The standard InChI is InChI=1S/C25H36BrN3O5/c1-3-34-24(32)7-6-23(31)28-10-8-20(9-11-28)27-12-14-29(15-13-27)25(33)18(2)16-19-4-5-22(30)21(26)17-19/h4-5,17-18,20,30H,3,6-16H2,1-2H3/t18-/m1/s1. The lowest BCUT2D eigenvalue weighted by atomic mass is 9.98. The highest BCUT2D eigenvalue weighted by molar-refractivity contribution is 9.10. The number of nitrogens with zero attached hydrogens (tertiary/aromatic N) is 3. The first-order valence-electron chi connectivity index (χ1n) is 12.2. The summed E-state index contributed by atoms with van der Waals surface area (Å²) in [6.07, 6.45) is 2.84.